The Morgan fingerprint density at radius 2 is 2.15 bits per heavy atom. The number of ether oxygens (including phenoxy) is 1. The van der Waals surface area contributed by atoms with E-state index in [-0.39, 0.29) is 0 Å². The molecule has 0 spiro atoms. The van der Waals surface area contributed by atoms with E-state index in [1.807, 2.05) is 0 Å². The van der Waals surface area contributed by atoms with Crippen molar-refractivity contribution in [1.29, 1.82) is 0 Å². The second kappa shape index (κ2) is 7.62. The summed E-state index contributed by atoms with van der Waals surface area (Å²) in [7, 11) is 6.29. The van der Waals surface area contributed by atoms with Crippen LogP contribution in [-0.4, -0.2) is 58.9 Å². The summed E-state index contributed by atoms with van der Waals surface area (Å²) in [5, 5.41) is 3.44. The number of anilines is 1. The Morgan fingerprint density at radius 3 is 2.95 bits per heavy atom. The van der Waals surface area contributed by atoms with Gasteiger partial charge in [-0.3, -0.25) is 0 Å². The molecule has 20 heavy (non-hydrogen) atoms. The molecule has 1 aromatic rings. The fourth-order valence-corrected chi connectivity index (χ4v) is 2.46. The zero-order chi connectivity index (χ0) is 14.4. The second-order valence-electron chi connectivity index (χ2n) is 5.73. The zero-order valence-corrected chi connectivity index (χ0v) is 13.0. The third-order valence-electron chi connectivity index (χ3n) is 3.71. The van der Waals surface area contributed by atoms with Gasteiger partial charge in [0.25, 0.3) is 0 Å². The molecule has 0 unspecified atom stereocenters. The van der Waals surface area contributed by atoms with Crippen molar-refractivity contribution in [3.8, 4) is 0 Å². The lowest BCUT2D eigenvalue weighted by atomic mass is 10.1. The van der Waals surface area contributed by atoms with E-state index in [0.29, 0.717) is 0 Å². The van der Waals surface area contributed by atoms with E-state index in [4.69, 9.17) is 4.74 Å². The van der Waals surface area contributed by atoms with Gasteiger partial charge >= 0.3 is 0 Å². The monoisotopic (exact) mass is 277 g/mol. The number of benzene rings is 1. The van der Waals surface area contributed by atoms with Crippen LogP contribution in [0.3, 0.4) is 0 Å². The number of nitrogens with one attached hydrogen (secondary N) is 1. The smallest absolute Gasteiger partial charge is 0.0593 e. The highest BCUT2D eigenvalue weighted by Gasteiger charge is 2.15. The molecule has 4 nitrogen and oxygen atoms in total. The predicted molar refractivity (Wildman–Crippen MR) is 84.5 cm³/mol. The Kier molecular flexibility index (Phi) is 5.83. The van der Waals surface area contributed by atoms with Crippen molar-refractivity contribution in [1.82, 2.24) is 10.2 Å². The summed E-state index contributed by atoms with van der Waals surface area (Å²) in [6.45, 7) is 5.55. The highest BCUT2D eigenvalue weighted by Crippen LogP contribution is 2.27. The second-order valence-corrected chi connectivity index (χ2v) is 5.73. The van der Waals surface area contributed by atoms with Gasteiger partial charge < -0.3 is 19.9 Å². The number of nitrogens with zero attached hydrogens (tertiary/aromatic N) is 2. The number of rotatable bonds is 8. The van der Waals surface area contributed by atoms with Gasteiger partial charge in [0.15, 0.2) is 0 Å². The van der Waals surface area contributed by atoms with Crippen LogP contribution >= 0.6 is 0 Å². The number of likely N-dealkylation sites (N-methyl/N-ethyl adjacent to an activating group) is 2. The van der Waals surface area contributed by atoms with Gasteiger partial charge in [-0.15, -0.1) is 0 Å². The molecular weight excluding hydrogens is 250 g/mol. The summed E-state index contributed by atoms with van der Waals surface area (Å²) in [4.78, 5) is 4.46. The van der Waals surface area contributed by atoms with E-state index in [0.717, 1.165) is 39.4 Å². The molecule has 1 heterocycles. The van der Waals surface area contributed by atoms with Crippen LogP contribution < -0.4 is 10.2 Å². The molecule has 1 aliphatic heterocycles. The molecule has 0 fully saturated rings. The van der Waals surface area contributed by atoms with E-state index in [2.05, 4.69) is 54.5 Å². The summed E-state index contributed by atoms with van der Waals surface area (Å²) in [6, 6.07) is 6.80. The molecule has 0 saturated heterocycles. The van der Waals surface area contributed by atoms with Gasteiger partial charge in [0.05, 0.1) is 13.2 Å². The van der Waals surface area contributed by atoms with Gasteiger partial charge in [0.1, 0.15) is 0 Å². The minimum Gasteiger partial charge on any atom is -0.379 e. The van der Waals surface area contributed by atoms with Crippen LogP contribution in [0.15, 0.2) is 18.2 Å². The van der Waals surface area contributed by atoms with E-state index in [1.54, 1.807) is 0 Å². The third kappa shape index (κ3) is 4.47. The van der Waals surface area contributed by atoms with Crippen molar-refractivity contribution in [3.05, 3.63) is 29.3 Å². The van der Waals surface area contributed by atoms with E-state index in [9.17, 15) is 0 Å². The highest BCUT2D eigenvalue weighted by molar-refractivity contribution is 5.58. The Labute approximate surface area is 122 Å². The maximum atomic E-state index is 5.56. The van der Waals surface area contributed by atoms with E-state index in [1.165, 1.54) is 23.2 Å². The van der Waals surface area contributed by atoms with Crippen molar-refractivity contribution in [2.75, 3.05) is 58.9 Å². The van der Waals surface area contributed by atoms with Crippen LogP contribution in [0.25, 0.3) is 0 Å². The van der Waals surface area contributed by atoms with Crippen molar-refractivity contribution in [3.63, 3.8) is 0 Å². The molecule has 1 aromatic carbocycles. The maximum absolute atomic E-state index is 5.56. The van der Waals surface area contributed by atoms with Crippen LogP contribution in [0.4, 0.5) is 5.69 Å². The molecule has 1 N–H and O–H groups in total. The minimum absolute atomic E-state index is 0.779. The fourth-order valence-electron chi connectivity index (χ4n) is 2.46. The number of hydrogen-bond acceptors (Lipinski definition) is 4. The number of fused-ring (bicyclic) bond motifs is 1. The van der Waals surface area contributed by atoms with Crippen molar-refractivity contribution >= 4 is 5.69 Å². The molecule has 1 aliphatic rings. The molecule has 2 rings (SSSR count). The molecule has 0 atom stereocenters. The maximum Gasteiger partial charge on any atom is 0.0593 e. The third-order valence-corrected chi connectivity index (χ3v) is 3.71. The molecule has 0 aliphatic carbocycles. The Balaban J connectivity index is 1.63. The van der Waals surface area contributed by atoms with Crippen LogP contribution in [-0.2, 0) is 17.7 Å². The van der Waals surface area contributed by atoms with Gasteiger partial charge in [0.2, 0.25) is 0 Å². The lowest BCUT2D eigenvalue weighted by Crippen LogP contribution is -2.23. The van der Waals surface area contributed by atoms with Crippen LogP contribution in [0, 0.1) is 0 Å². The lowest BCUT2D eigenvalue weighted by molar-refractivity contribution is 0.119. The van der Waals surface area contributed by atoms with E-state index >= 15 is 0 Å². The normalized spacial score (nSPS) is 14.1. The summed E-state index contributed by atoms with van der Waals surface area (Å²) in [5.74, 6) is 0. The van der Waals surface area contributed by atoms with Crippen molar-refractivity contribution in [2.45, 2.75) is 13.0 Å². The first-order chi connectivity index (χ1) is 9.66. The fraction of sp³-hybridized carbons (Fsp3) is 0.625. The largest absolute Gasteiger partial charge is 0.379 e. The topological polar surface area (TPSA) is 27.7 Å². The van der Waals surface area contributed by atoms with Gasteiger partial charge in [-0.1, -0.05) is 12.1 Å². The van der Waals surface area contributed by atoms with Gasteiger partial charge in [-0.2, -0.15) is 0 Å². The Hall–Kier alpha value is -1.10. The Morgan fingerprint density at radius 1 is 1.30 bits per heavy atom. The minimum atomic E-state index is 0.779. The molecule has 0 aromatic heterocycles. The average molecular weight is 277 g/mol. The molecule has 0 amide bonds. The highest BCUT2D eigenvalue weighted by atomic mass is 16.5. The SMILES string of the molecule is CN(C)CCOCCNCc1ccc2c(c1)CCN2C. The molecule has 0 saturated carbocycles. The Bertz CT molecular complexity index is 420. The number of hydrogen-bond donors (Lipinski definition) is 1. The molecule has 0 bridgehead atoms. The summed E-state index contributed by atoms with van der Waals surface area (Å²) in [6.07, 6.45) is 1.17. The summed E-state index contributed by atoms with van der Waals surface area (Å²) < 4.78 is 5.56. The summed E-state index contributed by atoms with van der Waals surface area (Å²) in [5.41, 5.74) is 4.24. The standard InChI is InChI=1S/C16H27N3O/c1-18(2)9-11-20-10-7-17-13-14-4-5-16-15(12-14)6-8-19(16)3/h4-5,12,17H,6-11,13H2,1-3H3. The predicted octanol–water partition coefficient (Wildman–Crippen LogP) is 1.35. The van der Waals surface area contributed by atoms with Crippen LogP contribution in [0.2, 0.25) is 0 Å². The molecule has 0 radical (unpaired) electrons. The lowest BCUT2D eigenvalue weighted by Gasteiger charge is -2.13. The first-order valence-corrected chi connectivity index (χ1v) is 7.43. The van der Waals surface area contributed by atoms with Crippen molar-refractivity contribution < 1.29 is 4.74 Å². The first kappa shape index (κ1) is 15.3. The molecular formula is C16H27N3O. The average Bonchev–Trinajstić information content (AvgIpc) is 2.78. The molecule has 112 valence electrons. The quantitative estimate of drug-likeness (QED) is 0.726. The van der Waals surface area contributed by atoms with Crippen LogP contribution in [0.5, 0.6) is 0 Å². The van der Waals surface area contributed by atoms with Crippen LogP contribution in [0.1, 0.15) is 11.1 Å². The zero-order valence-electron chi connectivity index (χ0n) is 13.0. The van der Waals surface area contributed by atoms with Gasteiger partial charge in [-0.25, -0.2) is 0 Å². The summed E-state index contributed by atoms with van der Waals surface area (Å²) >= 11 is 0. The van der Waals surface area contributed by atoms with Gasteiger partial charge in [0, 0.05) is 38.9 Å². The first-order valence-electron chi connectivity index (χ1n) is 7.43. The molecule has 4 heteroatoms. The van der Waals surface area contributed by atoms with Crippen molar-refractivity contribution in [2.24, 2.45) is 0 Å². The van der Waals surface area contributed by atoms with E-state index < -0.39 is 0 Å². The van der Waals surface area contributed by atoms with Gasteiger partial charge in [-0.05, 0) is 37.7 Å².